The quantitative estimate of drug-likeness (QED) is 0.239. The predicted molar refractivity (Wildman–Crippen MR) is 145 cm³/mol. The molecule has 1 aliphatic heterocycles. The number of rotatable bonds is 8. The van der Waals surface area contributed by atoms with Gasteiger partial charge in [0.15, 0.2) is 0 Å². The van der Waals surface area contributed by atoms with Crippen LogP contribution in [0, 0.1) is 0 Å². The number of hydrogen-bond acceptors (Lipinski definition) is 4. The van der Waals surface area contributed by atoms with Gasteiger partial charge in [-0.3, -0.25) is 14.5 Å². The molecule has 0 aliphatic carbocycles. The van der Waals surface area contributed by atoms with Crippen molar-refractivity contribution >= 4 is 72.4 Å². The first-order chi connectivity index (χ1) is 16.4. The highest BCUT2D eigenvalue weighted by Crippen LogP contribution is 2.38. The smallest absolute Gasteiger partial charge is 0.293 e. The van der Waals surface area contributed by atoms with Crippen molar-refractivity contribution in [3.63, 3.8) is 0 Å². The van der Waals surface area contributed by atoms with Crippen LogP contribution in [0.5, 0.6) is 5.75 Å². The van der Waals surface area contributed by atoms with E-state index in [9.17, 15) is 9.59 Å². The predicted octanol–water partition coefficient (Wildman–Crippen LogP) is 8.11. The molecule has 8 heteroatoms. The fourth-order valence-corrected chi connectivity index (χ4v) is 6.00. The van der Waals surface area contributed by atoms with Crippen LogP contribution in [0.3, 0.4) is 0 Å². The summed E-state index contributed by atoms with van der Waals surface area (Å²) in [6.45, 7) is 0.719. The topological polar surface area (TPSA) is 46.6 Å². The Hall–Kier alpha value is -2.06. The van der Waals surface area contributed by atoms with Gasteiger partial charge in [-0.2, -0.15) is 0 Å². The van der Waals surface area contributed by atoms with Crippen molar-refractivity contribution in [3.05, 3.63) is 102 Å². The van der Waals surface area contributed by atoms with Crippen molar-refractivity contribution in [1.82, 2.24) is 4.90 Å². The average molecular weight is 622 g/mol. The van der Waals surface area contributed by atoms with Crippen LogP contribution < -0.4 is 4.74 Å². The highest BCUT2D eigenvalue weighted by molar-refractivity contribution is 9.11. The lowest BCUT2D eigenvalue weighted by atomic mass is 10.1. The molecule has 0 radical (unpaired) electrons. The standard InChI is InChI=1S/C26H20Br2ClNO3S/c27-20-13-18(14-21(28)24(20)33-16-19-10-4-5-11-22(19)29)15-23-25(31)30(26(32)34-23)12-6-9-17-7-2-1-3-8-17/h1-5,7-8,10-11,13-15H,6,9,12,16H2/b23-15+. The molecule has 0 atom stereocenters. The molecule has 34 heavy (non-hydrogen) atoms. The molecule has 174 valence electrons. The van der Waals surface area contributed by atoms with Gasteiger partial charge in [-0.05, 0) is 91.9 Å². The molecular formula is C26H20Br2ClNO3S. The molecule has 3 aromatic carbocycles. The van der Waals surface area contributed by atoms with Gasteiger partial charge in [-0.1, -0.05) is 60.1 Å². The van der Waals surface area contributed by atoms with Gasteiger partial charge in [0, 0.05) is 17.1 Å². The molecule has 3 aromatic rings. The van der Waals surface area contributed by atoms with Crippen LogP contribution in [0.15, 0.2) is 80.6 Å². The van der Waals surface area contributed by atoms with Crippen molar-refractivity contribution in [2.24, 2.45) is 0 Å². The van der Waals surface area contributed by atoms with Gasteiger partial charge < -0.3 is 4.74 Å². The number of imide groups is 1. The molecular weight excluding hydrogens is 602 g/mol. The molecule has 4 nitrogen and oxygen atoms in total. The molecule has 0 aromatic heterocycles. The van der Waals surface area contributed by atoms with E-state index in [0.717, 1.165) is 44.7 Å². The number of aryl methyl sites for hydroxylation is 1. The third-order valence-corrected chi connectivity index (χ3v) is 7.67. The van der Waals surface area contributed by atoms with E-state index in [2.05, 4.69) is 31.9 Å². The minimum absolute atomic E-state index is 0.234. The highest BCUT2D eigenvalue weighted by Gasteiger charge is 2.34. The maximum absolute atomic E-state index is 12.8. The van der Waals surface area contributed by atoms with Crippen molar-refractivity contribution in [2.75, 3.05) is 6.54 Å². The van der Waals surface area contributed by atoms with Gasteiger partial charge in [0.1, 0.15) is 12.4 Å². The normalized spacial score (nSPS) is 14.8. The Labute approximate surface area is 224 Å². The summed E-state index contributed by atoms with van der Waals surface area (Å²) in [4.78, 5) is 27.0. The molecule has 1 saturated heterocycles. The van der Waals surface area contributed by atoms with Gasteiger partial charge in [-0.25, -0.2) is 0 Å². The highest BCUT2D eigenvalue weighted by atomic mass is 79.9. The zero-order valence-corrected chi connectivity index (χ0v) is 22.7. The number of carbonyl (C=O) groups excluding carboxylic acids is 2. The fraction of sp³-hybridized carbons (Fsp3) is 0.154. The van der Waals surface area contributed by atoms with Crippen molar-refractivity contribution in [2.45, 2.75) is 19.4 Å². The summed E-state index contributed by atoms with van der Waals surface area (Å²) in [5.74, 6) is 0.375. The Balaban J connectivity index is 1.42. The van der Waals surface area contributed by atoms with Crippen LogP contribution in [0.25, 0.3) is 6.08 Å². The number of thioether (sulfide) groups is 1. The first-order valence-electron chi connectivity index (χ1n) is 10.6. The van der Waals surface area contributed by atoms with Crippen LogP contribution in [0.1, 0.15) is 23.1 Å². The van der Waals surface area contributed by atoms with Gasteiger partial charge in [0.25, 0.3) is 11.1 Å². The van der Waals surface area contributed by atoms with Crippen molar-refractivity contribution in [3.8, 4) is 5.75 Å². The molecule has 0 saturated carbocycles. The van der Waals surface area contributed by atoms with Crippen molar-refractivity contribution in [1.29, 1.82) is 0 Å². The average Bonchev–Trinajstić information content (AvgIpc) is 3.07. The molecule has 0 unspecified atom stereocenters. The van der Waals surface area contributed by atoms with Crippen molar-refractivity contribution < 1.29 is 14.3 Å². The molecule has 1 heterocycles. The number of benzene rings is 3. The zero-order chi connectivity index (χ0) is 24.1. The third-order valence-electron chi connectivity index (χ3n) is 5.21. The Morgan fingerprint density at radius 2 is 1.65 bits per heavy atom. The first-order valence-corrected chi connectivity index (χ1v) is 13.3. The Bertz CT molecular complexity index is 1230. The number of hydrogen-bond donors (Lipinski definition) is 0. The van der Waals surface area contributed by atoms with Crippen LogP contribution in [-0.4, -0.2) is 22.6 Å². The van der Waals surface area contributed by atoms with Crippen LogP contribution in [0.4, 0.5) is 4.79 Å². The van der Waals surface area contributed by atoms with E-state index in [1.165, 1.54) is 10.5 Å². The van der Waals surface area contributed by atoms with E-state index < -0.39 is 0 Å². The molecule has 2 amide bonds. The molecule has 0 N–H and O–H groups in total. The summed E-state index contributed by atoms with van der Waals surface area (Å²) in [5, 5.41) is 0.410. The summed E-state index contributed by atoms with van der Waals surface area (Å²) in [6.07, 6.45) is 3.27. The monoisotopic (exact) mass is 619 g/mol. The Kier molecular flexibility index (Phi) is 8.53. The summed E-state index contributed by atoms with van der Waals surface area (Å²) in [5.41, 5.74) is 2.85. The Morgan fingerprint density at radius 1 is 0.971 bits per heavy atom. The second-order valence-corrected chi connectivity index (χ2v) is 10.7. The molecule has 4 rings (SSSR count). The minimum Gasteiger partial charge on any atom is -0.486 e. The van der Waals surface area contributed by atoms with Gasteiger partial charge in [0.05, 0.1) is 13.9 Å². The van der Waals surface area contributed by atoms with E-state index in [1.807, 2.05) is 66.7 Å². The molecule has 0 bridgehead atoms. The molecule has 1 aliphatic rings. The first kappa shape index (κ1) is 25.0. The van der Waals surface area contributed by atoms with Crippen LogP contribution in [-0.2, 0) is 17.8 Å². The lowest BCUT2D eigenvalue weighted by Crippen LogP contribution is -2.29. The zero-order valence-electron chi connectivity index (χ0n) is 18.0. The summed E-state index contributed by atoms with van der Waals surface area (Å²) >= 11 is 14.3. The number of nitrogens with zero attached hydrogens (tertiary/aromatic N) is 1. The second kappa shape index (κ2) is 11.6. The number of amides is 2. The van der Waals surface area contributed by atoms with E-state index in [0.29, 0.717) is 28.8 Å². The lowest BCUT2D eigenvalue weighted by Gasteiger charge is -2.13. The van der Waals surface area contributed by atoms with E-state index in [-0.39, 0.29) is 11.1 Å². The van der Waals surface area contributed by atoms with E-state index in [4.69, 9.17) is 16.3 Å². The fourth-order valence-electron chi connectivity index (χ4n) is 3.50. The maximum Gasteiger partial charge on any atom is 0.293 e. The Morgan fingerprint density at radius 3 is 2.35 bits per heavy atom. The van der Waals surface area contributed by atoms with Gasteiger partial charge in [0.2, 0.25) is 0 Å². The third kappa shape index (κ3) is 6.13. The maximum atomic E-state index is 12.8. The lowest BCUT2D eigenvalue weighted by molar-refractivity contribution is -0.122. The number of ether oxygens (including phenoxy) is 1. The summed E-state index contributed by atoms with van der Waals surface area (Å²) < 4.78 is 7.41. The van der Waals surface area contributed by atoms with E-state index >= 15 is 0 Å². The van der Waals surface area contributed by atoms with Crippen LogP contribution in [0.2, 0.25) is 5.02 Å². The second-order valence-electron chi connectivity index (χ2n) is 7.62. The van der Waals surface area contributed by atoms with E-state index in [1.54, 1.807) is 6.08 Å². The molecule has 1 fully saturated rings. The number of carbonyl (C=O) groups is 2. The number of halogens is 3. The van der Waals surface area contributed by atoms with Crippen LogP contribution >= 0.6 is 55.2 Å². The minimum atomic E-state index is -0.255. The molecule has 0 spiro atoms. The SMILES string of the molecule is O=C1S/C(=C/c2cc(Br)c(OCc3ccccc3Cl)c(Br)c2)C(=O)N1CCCc1ccccc1. The summed E-state index contributed by atoms with van der Waals surface area (Å²) in [6, 6.07) is 21.3. The summed E-state index contributed by atoms with van der Waals surface area (Å²) in [7, 11) is 0. The van der Waals surface area contributed by atoms with Gasteiger partial charge in [-0.15, -0.1) is 0 Å². The van der Waals surface area contributed by atoms with Gasteiger partial charge >= 0.3 is 0 Å². The largest absolute Gasteiger partial charge is 0.486 e.